The van der Waals surface area contributed by atoms with Crippen molar-refractivity contribution in [1.29, 1.82) is 0 Å². The number of hydrogen-bond donors (Lipinski definition) is 0. The van der Waals surface area contributed by atoms with Gasteiger partial charge in [-0.25, -0.2) is 4.79 Å². The average molecular weight is 221 g/mol. The Balaban J connectivity index is 2.71. The fraction of sp³-hybridized carbons (Fsp3) is 0.462. The van der Waals surface area contributed by atoms with Crippen LogP contribution in [0.4, 0.5) is 10.5 Å². The van der Waals surface area contributed by atoms with E-state index in [1.165, 1.54) is 0 Å². The maximum atomic E-state index is 11.8. The quantitative estimate of drug-likeness (QED) is 0.779. The largest absolute Gasteiger partial charge is 0.446 e. The fourth-order valence-electron chi connectivity index (χ4n) is 1.34. The van der Waals surface area contributed by atoms with Gasteiger partial charge in [0, 0.05) is 12.2 Å². The Hall–Kier alpha value is -1.51. The third-order valence-corrected chi connectivity index (χ3v) is 2.48. The van der Waals surface area contributed by atoms with Crippen molar-refractivity contribution in [3.63, 3.8) is 0 Å². The minimum Gasteiger partial charge on any atom is -0.446 e. The summed E-state index contributed by atoms with van der Waals surface area (Å²) in [5, 5.41) is 0. The molecule has 1 unspecified atom stereocenters. The maximum Gasteiger partial charge on any atom is 0.414 e. The lowest BCUT2D eigenvalue weighted by Gasteiger charge is -2.22. The molecule has 16 heavy (non-hydrogen) atoms. The predicted octanol–water partition coefficient (Wildman–Crippen LogP) is 3.45. The molecule has 0 saturated carbocycles. The van der Waals surface area contributed by atoms with Crippen molar-refractivity contribution in [3.05, 3.63) is 30.3 Å². The second-order valence-electron chi connectivity index (χ2n) is 3.68. The Labute approximate surface area is 97.0 Å². The van der Waals surface area contributed by atoms with E-state index >= 15 is 0 Å². The highest BCUT2D eigenvalue weighted by atomic mass is 16.6. The van der Waals surface area contributed by atoms with Crippen molar-refractivity contribution in [3.8, 4) is 0 Å². The van der Waals surface area contributed by atoms with Crippen LogP contribution in [0.1, 0.15) is 27.2 Å². The summed E-state index contributed by atoms with van der Waals surface area (Å²) < 4.78 is 5.29. The van der Waals surface area contributed by atoms with Gasteiger partial charge in [0.2, 0.25) is 0 Å². The summed E-state index contributed by atoms with van der Waals surface area (Å²) in [6.07, 6.45) is 0.520. The van der Waals surface area contributed by atoms with Gasteiger partial charge in [-0.15, -0.1) is 0 Å². The van der Waals surface area contributed by atoms with E-state index in [4.69, 9.17) is 4.74 Å². The highest BCUT2D eigenvalue weighted by Crippen LogP contribution is 2.15. The van der Waals surface area contributed by atoms with Crippen LogP contribution in [-0.2, 0) is 4.74 Å². The van der Waals surface area contributed by atoms with Gasteiger partial charge >= 0.3 is 6.09 Å². The van der Waals surface area contributed by atoms with Gasteiger partial charge in [0.25, 0.3) is 0 Å². The van der Waals surface area contributed by atoms with E-state index in [9.17, 15) is 4.79 Å². The molecule has 0 fully saturated rings. The minimum absolute atomic E-state index is 0.0368. The fourth-order valence-corrected chi connectivity index (χ4v) is 1.34. The van der Waals surface area contributed by atoms with Crippen LogP contribution < -0.4 is 4.90 Å². The first kappa shape index (κ1) is 12.6. The smallest absolute Gasteiger partial charge is 0.414 e. The number of carbonyl (C=O) groups is 1. The Bertz CT molecular complexity index is 324. The zero-order valence-corrected chi connectivity index (χ0v) is 10.1. The van der Waals surface area contributed by atoms with E-state index in [0.29, 0.717) is 6.54 Å². The van der Waals surface area contributed by atoms with Crippen LogP contribution in [0.3, 0.4) is 0 Å². The molecule has 0 aliphatic carbocycles. The molecule has 0 bridgehead atoms. The molecule has 1 aromatic carbocycles. The molecule has 1 aromatic rings. The molecule has 0 saturated heterocycles. The standard InChI is InChI=1S/C13H19NO2/c1-4-11(3)16-13(15)14(5-2)12-9-7-6-8-10-12/h6-11H,4-5H2,1-3H3. The van der Waals surface area contributed by atoms with Crippen LogP contribution in [0.2, 0.25) is 0 Å². The highest BCUT2D eigenvalue weighted by Gasteiger charge is 2.16. The molecule has 0 aliphatic heterocycles. The van der Waals surface area contributed by atoms with E-state index in [0.717, 1.165) is 12.1 Å². The Kier molecular flexibility index (Phi) is 4.83. The molecule has 1 amide bonds. The number of benzene rings is 1. The number of carbonyl (C=O) groups excluding carboxylic acids is 1. The van der Waals surface area contributed by atoms with E-state index in [-0.39, 0.29) is 12.2 Å². The second kappa shape index (κ2) is 6.16. The van der Waals surface area contributed by atoms with Gasteiger partial charge < -0.3 is 4.74 Å². The number of ether oxygens (including phenoxy) is 1. The molecule has 0 radical (unpaired) electrons. The normalized spacial score (nSPS) is 11.9. The Morgan fingerprint density at radius 1 is 1.31 bits per heavy atom. The number of anilines is 1. The van der Waals surface area contributed by atoms with Crippen molar-refractivity contribution < 1.29 is 9.53 Å². The third-order valence-electron chi connectivity index (χ3n) is 2.48. The zero-order valence-electron chi connectivity index (χ0n) is 10.1. The van der Waals surface area contributed by atoms with Crippen LogP contribution in [0.5, 0.6) is 0 Å². The third kappa shape index (κ3) is 3.26. The SMILES string of the molecule is CCC(C)OC(=O)N(CC)c1ccccc1. The molecule has 0 aromatic heterocycles. The van der Waals surface area contributed by atoms with Crippen molar-refractivity contribution in [2.75, 3.05) is 11.4 Å². The summed E-state index contributed by atoms with van der Waals surface area (Å²) >= 11 is 0. The van der Waals surface area contributed by atoms with Crippen molar-refractivity contribution in [1.82, 2.24) is 0 Å². The van der Waals surface area contributed by atoms with Crippen LogP contribution in [-0.4, -0.2) is 18.7 Å². The number of nitrogens with zero attached hydrogens (tertiary/aromatic N) is 1. The lowest BCUT2D eigenvalue weighted by atomic mass is 10.3. The zero-order chi connectivity index (χ0) is 12.0. The number of amides is 1. The predicted molar refractivity (Wildman–Crippen MR) is 65.7 cm³/mol. The van der Waals surface area contributed by atoms with Gasteiger partial charge in [-0.2, -0.15) is 0 Å². The summed E-state index contributed by atoms with van der Waals surface area (Å²) in [4.78, 5) is 13.5. The van der Waals surface area contributed by atoms with Crippen LogP contribution >= 0.6 is 0 Å². The molecule has 0 aliphatic rings. The summed E-state index contributed by atoms with van der Waals surface area (Å²) in [7, 11) is 0. The Morgan fingerprint density at radius 2 is 1.94 bits per heavy atom. The van der Waals surface area contributed by atoms with Gasteiger partial charge in [0.05, 0.1) is 0 Å². The monoisotopic (exact) mass is 221 g/mol. The molecule has 3 heteroatoms. The van der Waals surface area contributed by atoms with Gasteiger partial charge in [-0.3, -0.25) is 4.90 Å². The van der Waals surface area contributed by atoms with Gasteiger partial charge in [-0.05, 0) is 32.4 Å². The van der Waals surface area contributed by atoms with E-state index < -0.39 is 0 Å². The van der Waals surface area contributed by atoms with Crippen molar-refractivity contribution in [2.24, 2.45) is 0 Å². The first-order valence-corrected chi connectivity index (χ1v) is 5.72. The van der Waals surface area contributed by atoms with Gasteiger partial charge in [0.1, 0.15) is 6.10 Å². The number of hydrogen-bond acceptors (Lipinski definition) is 2. The number of para-hydroxylation sites is 1. The van der Waals surface area contributed by atoms with Crippen LogP contribution in [0.25, 0.3) is 0 Å². The summed E-state index contributed by atoms with van der Waals surface area (Å²) in [6, 6.07) is 9.56. The number of rotatable bonds is 4. The molecule has 1 rings (SSSR count). The average Bonchev–Trinajstić information content (AvgIpc) is 2.31. The second-order valence-corrected chi connectivity index (χ2v) is 3.68. The topological polar surface area (TPSA) is 29.5 Å². The molecular formula is C13H19NO2. The molecule has 0 spiro atoms. The first-order valence-electron chi connectivity index (χ1n) is 5.72. The summed E-state index contributed by atoms with van der Waals surface area (Å²) in [6.45, 7) is 6.44. The summed E-state index contributed by atoms with van der Waals surface area (Å²) in [5.41, 5.74) is 0.873. The molecule has 0 N–H and O–H groups in total. The maximum absolute atomic E-state index is 11.8. The molecule has 1 atom stereocenters. The van der Waals surface area contributed by atoms with Crippen LogP contribution in [0.15, 0.2) is 30.3 Å². The van der Waals surface area contributed by atoms with Gasteiger partial charge in [-0.1, -0.05) is 25.1 Å². The molecule has 3 nitrogen and oxygen atoms in total. The highest BCUT2D eigenvalue weighted by molar-refractivity contribution is 5.87. The van der Waals surface area contributed by atoms with E-state index in [2.05, 4.69) is 0 Å². The molecule has 0 heterocycles. The lowest BCUT2D eigenvalue weighted by Crippen LogP contribution is -2.33. The van der Waals surface area contributed by atoms with Crippen molar-refractivity contribution in [2.45, 2.75) is 33.3 Å². The van der Waals surface area contributed by atoms with Gasteiger partial charge in [0.15, 0.2) is 0 Å². The Morgan fingerprint density at radius 3 is 2.44 bits per heavy atom. The lowest BCUT2D eigenvalue weighted by molar-refractivity contribution is 0.112. The minimum atomic E-state index is -0.275. The van der Waals surface area contributed by atoms with Crippen LogP contribution in [0, 0.1) is 0 Å². The molecule has 88 valence electrons. The molecular weight excluding hydrogens is 202 g/mol. The first-order chi connectivity index (χ1) is 7.69. The van der Waals surface area contributed by atoms with E-state index in [1.54, 1.807) is 4.90 Å². The summed E-state index contributed by atoms with van der Waals surface area (Å²) in [5.74, 6) is 0. The van der Waals surface area contributed by atoms with E-state index in [1.807, 2.05) is 51.1 Å². The van der Waals surface area contributed by atoms with Crippen molar-refractivity contribution >= 4 is 11.8 Å².